The molecule has 1 heterocycles. The van der Waals surface area contributed by atoms with Crippen molar-refractivity contribution in [1.29, 1.82) is 0 Å². The molecule has 1 aliphatic rings. The predicted molar refractivity (Wildman–Crippen MR) is 100 cm³/mol. The summed E-state index contributed by atoms with van der Waals surface area (Å²) >= 11 is 6.04. The van der Waals surface area contributed by atoms with Crippen LogP contribution in [0.3, 0.4) is 0 Å². The van der Waals surface area contributed by atoms with Crippen molar-refractivity contribution < 1.29 is 19.1 Å². The Morgan fingerprint density at radius 2 is 2.00 bits per heavy atom. The third-order valence-electron chi connectivity index (χ3n) is 4.77. The number of phenols is 1. The van der Waals surface area contributed by atoms with Gasteiger partial charge in [-0.15, -0.1) is 0 Å². The largest absolute Gasteiger partial charge is 0.507 e. The minimum atomic E-state index is -0.646. The SMILES string of the molecule is CN(Cc1c(F)cccc1Cl)C(=O)C1CCCN1C(=O)c1ccccc1O. The minimum absolute atomic E-state index is 0.0134. The number of carbonyl (C=O) groups is 2. The van der Waals surface area contributed by atoms with Crippen LogP contribution in [-0.4, -0.2) is 46.4 Å². The number of rotatable bonds is 4. The smallest absolute Gasteiger partial charge is 0.258 e. The van der Waals surface area contributed by atoms with Crippen LogP contribution in [0.2, 0.25) is 5.02 Å². The van der Waals surface area contributed by atoms with Crippen molar-refractivity contribution >= 4 is 23.4 Å². The fourth-order valence-corrected chi connectivity index (χ4v) is 3.55. The average molecular weight is 391 g/mol. The van der Waals surface area contributed by atoms with Crippen LogP contribution in [0.4, 0.5) is 4.39 Å². The number of halogens is 2. The third-order valence-corrected chi connectivity index (χ3v) is 5.12. The van der Waals surface area contributed by atoms with E-state index in [1.165, 1.54) is 34.1 Å². The maximum Gasteiger partial charge on any atom is 0.258 e. The quantitative estimate of drug-likeness (QED) is 0.869. The van der Waals surface area contributed by atoms with Crippen molar-refractivity contribution in [3.63, 3.8) is 0 Å². The number of carbonyl (C=O) groups excluding carboxylic acids is 2. The van der Waals surface area contributed by atoms with Crippen LogP contribution in [0, 0.1) is 5.82 Å². The van der Waals surface area contributed by atoms with E-state index in [9.17, 15) is 19.1 Å². The molecule has 1 unspecified atom stereocenters. The highest BCUT2D eigenvalue weighted by atomic mass is 35.5. The first-order valence-electron chi connectivity index (χ1n) is 8.67. The molecule has 5 nitrogen and oxygen atoms in total. The summed E-state index contributed by atoms with van der Waals surface area (Å²) in [5.41, 5.74) is 0.406. The second kappa shape index (κ2) is 7.96. The van der Waals surface area contributed by atoms with Crippen LogP contribution in [0.1, 0.15) is 28.8 Å². The van der Waals surface area contributed by atoms with Crippen LogP contribution in [0.5, 0.6) is 5.75 Å². The van der Waals surface area contributed by atoms with Gasteiger partial charge >= 0.3 is 0 Å². The first kappa shape index (κ1) is 19.2. The number of aromatic hydroxyl groups is 1. The second-order valence-corrected chi connectivity index (χ2v) is 6.98. The van der Waals surface area contributed by atoms with E-state index >= 15 is 0 Å². The summed E-state index contributed by atoms with van der Waals surface area (Å²) in [6, 6.07) is 9.98. The fraction of sp³-hybridized carbons (Fsp3) is 0.300. The molecule has 1 aliphatic heterocycles. The molecule has 2 amide bonds. The lowest BCUT2D eigenvalue weighted by Gasteiger charge is -2.28. The zero-order valence-corrected chi connectivity index (χ0v) is 15.6. The van der Waals surface area contributed by atoms with Gasteiger partial charge in [0, 0.05) is 30.7 Å². The van der Waals surface area contributed by atoms with Gasteiger partial charge in [-0.2, -0.15) is 0 Å². The number of likely N-dealkylation sites (tertiary alicyclic amines) is 1. The van der Waals surface area contributed by atoms with E-state index in [2.05, 4.69) is 0 Å². The summed E-state index contributed by atoms with van der Waals surface area (Å²) in [5.74, 6) is -1.26. The van der Waals surface area contributed by atoms with Gasteiger partial charge in [0.2, 0.25) is 5.91 Å². The van der Waals surface area contributed by atoms with Crippen LogP contribution < -0.4 is 0 Å². The summed E-state index contributed by atoms with van der Waals surface area (Å²) < 4.78 is 14.0. The predicted octanol–water partition coefficient (Wildman–Crippen LogP) is 3.45. The molecule has 3 rings (SSSR count). The Hall–Kier alpha value is -2.60. The standard InChI is InChI=1S/C20H20ClFN2O3/c1-23(12-14-15(21)7-4-8-16(14)22)20(27)17-9-5-11-24(17)19(26)13-6-2-3-10-18(13)25/h2-4,6-8,10,17,25H,5,9,11-12H2,1H3. The zero-order chi connectivity index (χ0) is 19.6. The van der Waals surface area contributed by atoms with Gasteiger partial charge in [0.25, 0.3) is 5.91 Å². The van der Waals surface area contributed by atoms with E-state index in [0.29, 0.717) is 19.4 Å². The molecule has 1 N–H and O–H groups in total. The average Bonchev–Trinajstić information content (AvgIpc) is 3.13. The highest BCUT2D eigenvalue weighted by molar-refractivity contribution is 6.31. The van der Waals surface area contributed by atoms with E-state index in [-0.39, 0.29) is 40.3 Å². The number of nitrogens with zero attached hydrogens (tertiary/aromatic N) is 2. The topological polar surface area (TPSA) is 60.9 Å². The molecule has 0 bridgehead atoms. The fourth-order valence-electron chi connectivity index (χ4n) is 3.33. The molecule has 1 atom stereocenters. The van der Waals surface area contributed by atoms with Gasteiger partial charge in [-0.3, -0.25) is 9.59 Å². The zero-order valence-electron chi connectivity index (χ0n) is 14.9. The van der Waals surface area contributed by atoms with Crippen molar-refractivity contribution in [1.82, 2.24) is 9.80 Å². The maximum atomic E-state index is 14.0. The summed E-state index contributed by atoms with van der Waals surface area (Å²) in [7, 11) is 1.56. The first-order chi connectivity index (χ1) is 12.9. The number of phenolic OH excluding ortho intramolecular Hbond substituents is 1. The Kier molecular flexibility index (Phi) is 5.65. The van der Waals surface area contributed by atoms with E-state index in [4.69, 9.17) is 11.6 Å². The van der Waals surface area contributed by atoms with E-state index in [1.807, 2.05) is 0 Å². The lowest BCUT2D eigenvalue weighted by atomic mass is 10.1. The molecule has 2 aromatic rings. The van der Waals surface area contributed by atoms with Crippen molar-refractivity contribution in [3.05, 3.63) is 64.4 Å². The Morgan fingerprint density at radius 3 is 2.70 bits per heavy atom. The Morgan fingerprint density at radius 1 is 1.26 bits per heavy atom. The molecule has 0 spiro atoms. The molecule has 0 saturated carbocycles. The molecule has 0 radical (unpaired) electrons. The number of amides is 2. The van der Waals surface area contributed by atoms with Gasteiger partial charge in [0.1, 0.15) is 17.6 Å². The van der Waals surface area contributed by atoms with Gasteiger partial charge < -0.3 is 14.9 Å². The lowest BCUT2D eigenvalue weighted by molar-refractivity contribution is -0.134. The molecule has 7 heteroatoms. The number of hydrogen-bond acceptors (Lipinski definition) is 3. The Bertz CT molecular complexity index is 854. The molecule has 0 aliphatic carbocycles. The summed E-state index contributed by atoms with van der Waals surface area (Å²) in [4.78, 5) is 28.5. The molecular formula is C20H20ClFN2O3. The highest BCUT2D eigenvalue weighted by Gasteiger charge is 2.37. The van der Waals surface area contributed by atoms with Crippen LogP contribution in [-0.2, 0) is 11.3 Å². The van der Waals surface area contributed by atoms with Crippen molar-refractivity contribution in [2.75, 3.05) is 13.6 Å². The first-order valence-corrected chi connectivity index (χ1v) is 9.04. The van der Waals surface area contributed by atoms with Crippen LogP contribution >= 0.6 is 11.6 Å². The highest BCUT2D eigenvalue weighted by Crippen LogP contribution is 2.26. The Labute approximate surface area is 162 Å². The number of likely N-dealkylation sites (N-methyl/N-ethyl adjacent to an activating group) is 1. The summed E-state index contributed by atoms with van der Waals surface area (Å²) in [6.07, 6.45) is 1.21. The second-order valence-electron chi connectivity index (χ2n) is 6.57. The lowest BCUT2D eigenvalue weighted by Crippen LogP contribution is -2.46. The van der Waals surface area contributed by atoms with Crippen LogP contribution in [0.15, 0.2) is 42.5 Å². The third kappa shape index (κ3) is 3.90. The maximum absolute atomic E-state index is 14.0. The summed E-state index contributed by atoms with van der Waals surface area (Å²) in [5, 5.41) is 10.2. The van der Waals surface area contributed by atoms with Crippen molar-refractivity contribution in [2.45, 2.75) is 25.4 Å². The number of hydrogen-bond donors (Lipinski definition) is 1. The molecule has 142 valence electrons. The van der Waals surface area contributed by atoms with Crippen LogP contribution in [0.25, 0.3) is 0 Å². The van der Waals surface area contributed by atoms with E-state index in [0.717, 1.165) is 0 Å². The molecule has 1 fully saturated rings. The van der Waals surface area contributed by atoms with E-state index < -0.39 is 11.9 Å². The van der Waals surface area contributed by atoms with Gasteiger partial charge in [-0.1, -0.05) is 29.8 Å². The molecule has 2 aromatic carbocycles. The van der Waals surface area contributed by atoms with Gasteiger partial charge in [0.15, 0.2) is 0 Å². The molecule has 27 heavy (non-hydrogen) atoms. The van der Waals surface area contributed by atoms with Gasteiger partial charge in [0.05, 0.1) is 5.56 Å². The van der Waals surface area contributed by atoms with Gasteiger partial charge in [-0.25, -0.2) is 4.39 Å². The van der Waals surface area contributed by atoms with Gasteiger partial charge in [-0.05, 0) is 37.1 Å². The van der Waals surface area contributed by atoms with E-state index in [1.54, 1.807) is 25.2 Å². The molecule has 0 aromatic heterocycles. The van der Waals surface area contributed by atoms with Crippen molar-refractivity contribution in [3.8, 4) is 5.75 Å². The number of para-hydroxylation sites is 1. The molecular weight excluding hydrogens is 371 g/mol. The summed E-state index contributed by atoms with van der Waals surface area (Å²) in [6.45, 7) is 0.442. The normalized spacial score (nSPS) is 16.4. The minimum Gasteiger partial charge on any atom is -0.507 e. The number of benzene rings is 2. The monoisotopic (exact) mass is 390 g/mol. The Balaban J connectivity index is 1.77. The van der Waals surface area contributed by atoms with Crippen molar-refractivity contribution in [2.24, 2.45) is 0 Å². The molecule has 1 saturated heterocycles.